The molecule has 0 saturated heterocycles. The zero-order valence-electron chi connectivity index (χ0n) is 17.7. The fourth-order valence-electron chi connectivity index (χ4n) is 4.49. The summed E-state index contributed by atoms with van der Waals surface area (Å²) in [6, 6.07) is 10.1. The minimum Gasteiger partial charge on any atom is -0.478 e. The second-order valence-electron chi connectivity index (χ2n) is 8.83. The fourth-order valence-corrected chi connectivity index (χ4v) is 5.18. The van der Waals surface area contributed by atoms with Crippen molar-refractivity contribution in [3.63, 3.8) is 0 Å². The second kappa shape index (κ2) is 8.60. The molecule has 2 fully saturated rings. The maximum absolute atomic E-state index is 11.2. The highest BCUT2D eigenvalue weighted by atomic mass is 35.5. The van der Waals surface area contributed by atoms with Crippen molar-refractivity contribution in [2.75, 3.05) is 0 Å². The first-order valence-corrected chi connectivity index (χ1v) is 11.6. The summed E-state index contributed by atoms with van der Waals surface area (Å²) in [6.07, 6.45) is 6.41. The van der Waals surface area contributed by atoms with Crippen LogP contribution in [0.5, 0.6) is 5.88 Å². The van der Waals surface area contributed by atoms with E-state index in [1.807, 2.05) is 6.07 Å². The minimum absolute atomic E-state index is 0.0400. The number of ether oxygens (including phenoxy) is 1. The van der Waals surface area contributed by atoms with Crippen molar-refractivity contribution in [3.8, 4) is 5.88 Å². The lowest BCUT2D eigenvalue weighted by Gasteiger charge is -2.43. The van der Waals surface area contributed by atoms with Crippen molar-refractivity contribution in [3.05, 3.63) is 86.8 Å². The predicted octanol–water partition coefficient (Wildman–Crippen LogP) is 5.70. The molecule has 0 spiro atoms. The average molecular weight is 485 g/mol. The van der Waals surface area contributed by atoms with E-state index in [0.29, 0.717) is 46.9 Å². The van der Waals surface area contributed by atoms with Crippen LogP contribution in [0.2, 0.25) is 10.0 Å². The van der Waals surface area contributed by atoms with E-state index >= 15 is 0 Å². The lowest BCUT2D eigenvalue weighted by Crippen LogP contribution is -2.40. The van der Waals surface area contributed by atoms with Crippen LogP contribution in [0, 0.1) is 0 Å². The number of aliphatic hydroxyl groups is 1. The smallest absolute Gasteiger partial charge is 0.335 e. The van der Waals surface area contributed by atoms with Gasteiger partial charge in [0.05, 0.1) is 29.3 Å². The number of aromatic nitrogens is 2. The third-order valence-corrected chi connectivity index (χ3v) is 6.95. The molecule has 170 valence electrons. The lowest BCUT2D eigenvalue weighted by atomic mass is 9.66. The molecule has 0 unspecified atom stereocenters. The largest absolute Gasteiger partial charge is 0.478 e. The lowest BCUT2D eigenvalue weighted by molar-refractivity contribution is -0.0560. The number of carboxylic acids is 1. The third-order valence-electron chi connectivity index (χ3n) is 6.42. The number of rotatable bonds is 7. The van der Waals surface area contributed by atoms with E-state index in [1.165, 1.54) is 12.1 Å². The van der Waals surface area contributed by atoms with Crippen LogP contribution in [0.4, 0.5) is 0 Å². The number of nitrogens with zero attached hydrogens (tertiary/aromatic N) is 2. The molecule has 3 aromatic rings. The molecule has 0 atom stereocenters. The van der Waals surface area contributed by atoms with Crippen molar-refractivity contribution >= 4 is 29.2 Å². The topological polar surface area (TPSA) is 92.5 Å². The van der Waals surface area contributed by atoms with Crippen LogP contribution in [0.15, 0.2) is 48.8 Å². The van der Waals surface area contributed by atoms with Gasteiger partial charge >= 0.3 is 5.97 Å². The highest BCUT2D eigenvalue weighted by molar-refractivity contribution is 6.35. The summed E-state index contributed by atoms with van der Waals surface area (Å²) in [5, 5.41) is 21.4. The van der Waals surface area contributed by atoms with Gasteiger partial charge in [0.1, 0.15) is 6.61 Å². The van der Waals surface area contributed by atoms with E-state index in [9.17, 15) is 15.0 Å². The molecule has 0 amide bonds. The van der Waals surface area contributed by atoms with Crippen molar-refractivity contribution in [2.24, 2.45) is 0 Å². The Kier molecular flexibility index (Phi) is 5.77. The van der Waals surface area contributed by atoms with E-state index in [-0.39, 0.29) is 11.5 Å². The van der Waals surface area contributed by atoms with Crippen LogP contribution in [-0.2, 0) is 12.2 Å². The van der Waals surface area contributed by atoms with Gasteiger partial charge in [-0.3, -0.25) is 4.98 Å². The molecule has 2 aromatic carbocycles. The van der Waals surface area contributed by atoms with E-state index < -0.39 is 11.6 Å². The zero-order chi connectivity index (χ0) is 23.2. The molecule has 0 aliphatic heterocycles. The average Bonchev–Trinajstić information content (AvgIpc) is 3.60. The fraction of sp³-hybridized carbons (Fsp3) is 0.320. The summed E-state index contributed by atoms with van der Waals surface area (Å²) in [5.74, 6) is -0.101. The number of halogens is 2. The van der Waals surface area contributed by atoms with Crippen LogP contribution < -0.4 is 4.74 Å². The minimum atomic E-state index is -1.06. The summed E-state index contributed by atoms with van der Waals surface area (Å²) < 4.78 is 5.86. The van der Waals surface area contributed by atoms with Gasteiger partial charge in [-0.15, -0.1) is 0 Å². The standard InChI is InChI=1S/C25H22Cl2N2O4/c26-19-7-16(23(14-4-5-14)20(27)8-19)13-33-22-12-28-21(11-29-22)17-9-25(32,10-17)18-3-1-2-15(6-18)24(30)31/h1-3,6-8,11-12,14,17,32H,4-5,9-10,13H2,(H,30,31). The number of carbonyl (C=O) groups is 1. The number of hydrogen-bond acceptors (Lipinski definition) is 5. The number of hydrogen-bond donors (Lipinski definition) is 2. The third kappa shape index (κ3) is 4.56. The van der Waals surface area contributed by atoms with Crippen molar-refractivity contribution in [1.82, 2.24) is 9.97 Å². The molecular formula is C25H22Cl2N2O4. The molecule has 33 heavy (non-hydrogen) atoms. The highest BCUT2D eigenvalue weighted by Gasteiger charge is 2.45. The quantitative estimate of drug-likeness (QED) is 0.446. The Hall–Kier alpha value is -2.67. The number of aromatic carboxylic acids is 1. The maximum atomic E-state index is 11.2. The molecule has 0 radical (unpaired) electrons. The second-order valence-corrected chi connectivity index (χ2v) is 9.67. The van der Waals surface area contributed by atoms with Gasteiger partial charge in [0, 0.05) is 16.0 Å². The Morgan fingerprint density at radius 2 is 1.88 bits per heavy atom. The van der Waals surface area contributed by atoms with Crippen molar-refractivity contribution < 1.29 is 19.7 Å². The Labute approximate surface area is 201 Å². The van der Waals surface area contributed by atoms with Gasteiger partial charge in [-0.05, 0) is 72.6 Å². The SMILES string of the molecule is O=C(O)c1cccc(C2(O)CC(c3cnc(OCc4cc(Cl)cc(Cl)c4C4CC4)cn3)C2)c1. The molecule has 1 heterocycles. The van der Waals surface area contributed by atoms with Crippen LogP contribution >= 0.6 is 23.2 Å². The molecule has 0 bridgehead atoms. The van der Waals surface area contributed by atoms with Crippen molar-refractivity contribution in [1.29, 1.82) is 0 Å². The molecule has 2 saturated carbocycles. The Bertz CT molecular complexity index is 1210. The first kappa shape index (κ1) is 22.1. The van der Waals surface area contributed by atoms with Crippen LogP contribution in [0.1, 0.15) is 70.3 Å². The summed E-state index contributed by atoms with van der Waals surface area (Å²) in [6.45, 7) is 0.309. The van der Waals surface area contributed by atoms with E-state index in [0.717, 1.165) is 29.7 Å². The summed E-state index contributed by atoms with van der Waals surface area (Å²) in [4.78, 5) is 20.1. The Balaban J connectivity index is 1.23. The molecular weight excluding hydrogens is 463 g/mol. The molecule has 2 aliphatic rings. The van der Waals surface area contributed by atoms with Crippen LogP contribution in [0.3, 0.4) is 0 Å². The van der Waals surface area contributed by atoms with E-state index in [2.05, 4.69) is 9.97 Å². The molecule has 2 N–H and O–H groups in total. The molecule has 1 aromatic heterocycles. The summed E-state index contributed by atoms with van der Waals surface area (Å²) in [7, 11) is 0. The first-order valence-electron chi connectivity index (χ1n) is 10.8. The first-order chi connectivity index (χ1) is 15.8. The van der Waals surface area contributed by atoms with E-state index in [4.69, 9.17) is 27.9 Å². The normalized spacial score (nSPS) is 22.0. The monoisotopic (exact) mass is 484 g/mol. The Morgan fingerprint density at radius 3 is 2.55 bits per heavy atom. The zero-order valence-corrected chi connectivity index (χ0v) is 19.2. The predicted molar refractivity (Wildman–Crippen MR) is 124 cm³/mol. The Morgan fingerprint density at radius 1 is 1.09 bits per heavy atom. The van der Waals surface area contributed by atoms with Crippen LogP contribution in [-0.4, -0.2) is 26.2 Å². The van der Waals surface area contributed by atoms with Gasteiger partial charge in [-0.25, -0.2) is 9.78 Å². The van der Waals surface area contributed by atoms with Gasteiger partial charge in [0.15, 0.2) is 0 Å². The molecule has 2 aliphatic carbocycles. The van der Waals surface area contributed by atoms with Gasteiger partial charge < -0.3 is 14.9 Å². The summed E-state index contributed by atoms with van der Waals surface area (Å²) in [5.41, 5.74) is 2.55. The highest BCUT2D eigenvalue weighted by Crippen LogP contribution is 2.50. The van der Waals surface area contributed by atoms with Crippen LogP contribution in [0.25, 0.3) is 0 Å². The van der Waals surface area contributed by atoms with E-state index in [1.54, 1.807) is 30.6 Å². The molecule has 8 heteroatoms. The molecule has 5 rings (SSSR count). The van der Waals surface area contributed by atoms with Gasteiger partial charge in [0.25, 0.3) is 0 Å². The molecule has 6 nitrogen and oxygen atoms in total. The number of benzene rings is 2. The number of carboxylic acid groups (broad SMARTS) is 1. The van der Waals surface area contributed by atoms with Gasteiger partial charge in [-0.2, -0.15) is 0 Å². The van der Waals surface area contributed by atoms with Gasteiger partial charge in [0.2, 0.25) is 5.88 Å². The maximum Gasteiger partial charge on any atom is 0.335 e. The van der Waals surface area contributed by atoms with Gasteiger partial charge in [-0.1, -0.05) is 35.3 Å². The summed E-state index contributed by atoms with van der Waals surface area (Å²) >= 11 is 12.6. The van der Waals surface area contributed by atoms with Crippen molar-refractivity contribution in [2.45, 2.75) is 49.7 Å².